The van der Waals surface area contributed by atoms with Crippen LogP contribution in [-0.4, -0.2) is 57.9 Å². The molecule has 7 nitrogen and oxygen atoms in total. The number of ether oxygens (including phenoxy) is 2. The smallest absolute Gasteiger partial charge is 0.227 e. The molecule has 2 aliphatic heterocycles. The molecule has 0 saturated carbocycles. The number of rotatable bonds is 10. The third-order valence-electron chi connectivity index (χ3n) is 5.54. The van der Waals surface area contributed by atoms with Gasteiger partial charge in [-0.15, -0.1) is 0 Å². The molecule has 3 rings (SSSR count). The summed E-state index contributed by atoms with van der Waals surface area (Å²) in [6.07, 6.45) is 4.79. The second kappa shape index (κ2) is 12.5. The number of nitrogens with one attached hydrogen (secondary N) is 2. The van der Waals surface area contributed by atoms with E-state index in [-0.39, 0.29) is 5.91 Å². The van der Waals surface area contributed by atoms with Crippen LogP contribution in [0.25, 0.3) is 0 Å². The molecule has 30 heavy (non-hydrogen) atoms. The van der Waals surface area contributed by atoms with Crippen LogP contribution in [-0.2, 0) is 20.8 Å². The van der Waals surface area contributed by atoms with Crippen LogP contribution in [0.2, 0.25) is 0 Å². The van der Waals surface area contributed by atoms with Gasteiger partial charge in [0.2, 0.25) is 5.91 Å². The molecule has 2 N–H and O–H groups in total. The minimum absolute atomic E-state index is 0.219. The Kier molecular flexibility index (Phi) is 9.44. The van der Waals surface area contributed by atoms with Gasteiger partial charge in [-0.1, -0.05) is 12.1 Å². The molecule has 2 heterocycles. The van der Waals surface area contributed by atoms with E-state index in [1.807, 2.05) is 17.0 Å². The number of guanidine groups is 1. The third kappa shape index (κ3) is 7.29. The number of nitrogens with zero attached hydrogens (tertiary/aromatic N) is 2. The second-order valence-electron chi connectivity index (χ2n) is 7.92. The number of carbonyl (C=O) groups is 1. The first-order chi connectivity index (χ1) is 14.8. The summed E-state index contributed by atoms with van der Waals surface area (Å²) in [5.74, 6) is 1.69. The van der Waals surface area contributed by atoms with Gasteiger partial charge in [0, 0.05) is 58.2 Å². The number of anilines is 1. The van der Waals surface area contributed by atoms with E-state index in [2.05, 4.69) is 34.7 Å². The minimum Gasteiger partial charge on any atom is -0.381 e. The van der Waals surface area contributed by atoms with Crippen molar-refractivity contribution in [3.05, 3.63) is 29.8 Å². The molecule has 2 aliphatic rings. The minimum atomic E-state index is 0.219. The summed E-state index contributed by atoms with van der Waals surface area (Å²) < 4.78 is 11.2. The molecule has 0 atom stereocenters. The van der Waals surface area contributed by atoms with Gasteiger partial charge in [-0.25, -0.2) is 4.99 Å². The number of carbonyl (C=O) groups excluding carboxylic acids is 1. The Balaban J connectivity index is 1.36. The highest BCUT2D eigenvalue weighted by Crippen LogP contribution is 2.21. The van der Waals surface area contributed by atoms with Crippen molar-refractivity contribution in [1.29, 1.82) is 0 Å². The standard InChI is InChI=1S/C23H36N4O3/c1-2-24-23(25-12-4-14-30-18-20-10-15-29-16-11-20)26-17-19-6-8-21(9-7-19)27-13-3-5-22(27)28/h6-9,20H,2-5,10-18H2,1H3,(H2,24,25,26). The number of aliphatic imine (C=N–C) groups is 1. The van der Waals surface area contributed by atoms with Crippen LogP contribution in [0.1, 0.15) is 44.6 Å². The Hall–Kier alpha value is -2.12. The van der Waals surface area contributed by atoms with Gasteiger partial charge in [-0.3, -0.25) is 4.79 Å². The van der Waals surface area contributed by atoms with Crippen molar-refractivity contribution in [2.45, 2.75) is 45.6 Å². The molecule has 0 bridgehead atoms. The molecule has 0 spiro atoms. The van der Waals surface area contributed by atoms with Crippen molar-refractivity contribution < 1.29 is 14.3 Å². The lowest BCUT2D eigenvalue weighted by Gasteiger charge is -2.21. The molecule has 1 aromatic rings. The van der Waals surface area contributed by atoms with Crippen LogP contribution >= 0.6 is 0 Å². The molecule has 0 aromatic heterocycles. The molecule has 2 fully saturated rings. The highest BCUT2D eigenvalue weighted by atomic mass is 16.5. The Morgan fingerprint density at radius 1 is 1.23 bits per heavy atom. The van der Waals surface area contributed by atoms with Crippen molar-refractivity contribution >= 4 is 17.6 Å². The van der Waals surface area contributed by atoms with Crippen LogP contribution in [0.4, 0.5) is 5.69 Å². The Morgan fingerprint density at radius 3 is 2.73 bits per heavy atom. The van der Waals surface area contributed by atoms with Gasteiger partial charge in [0.1, 0.15) is 0 Å². The normalized spacial score (nSPS) is 18.1. The van der Waals surface area contributed by atoms with Gasteiger partial charge in [-0.05, 0) is 56.2 Å². The largest absolute Gasteiger partial charge is 0.381 e. The van der Waals surface area contributed by atoms with Gasteiger partial charge >= 0.3 is 0 Å². The molecule has 166 valence electrons. The van der Waals surface area contributed by atoms with E-state index in [4.69, 9.17) is 9.47 Å². The molecule has 2 saturated heterocycles. The number of hydrogen-bond donors (Lipinski definition) is 2. The Labute approximate surface area is 180 Å². The summed E-state index contributed by atoms with van der Waals surface area (Å²) in [5.41, 5.74) is 2.11. The quantitative estimate of drug-likeness (QED) is 0.348. The van der Waals surface area contributed by atoms with E-state index >= 15 is 0 Å². The van der Waals surface area contributed by atoms with E-state index in [0.717, 1.165) is 89.0 Å². The Bertz CT molecular complexity index is 672. The average molecular weight is 417 g/mol. The van der Waals surface area contributed by atoms with Crippen LogP contribution in [0.15, 0.2) is 29.3 Å². The average Bonchev–Trinajstić information content (AvgIpc) is 3.21. The number of hydrogen-bond acceptors (Lipinski definition) is 4. The summed E-state index contributed by atoms with van der Waals surface area (Å²) in [7, 11) is 0. The van der Waals surface area contributed by atoms with E-state index in [1.165, 1.54) is 0 Å². The SMILES string of the molecule is CCNC(=NCc1ccc(N2CCCC2=O)cc1)NCCCOCC1CCOCC1. The lowest BCUT2D eigenvalue weighted by atomic mass is 10.0. The second-order valence-corrected chi connectivity index (χ2v) is 7.92. The lowest BCUT2D eigenvalue weighted by molar-refractivity contribution is -0.117. The van der Waals surface area contributed by atoms with Gasteiger partial charge in [0.15, 0.2) is 5.96 Å². The van der Waals surface area contributed by atoms with Crippen molar-refractivity contribution in [2.75, 3.05) is 51.0 Å². The topological polar surface area (TPSA) is 75.2 Å². The first-order valence-corrected chi connectivity index (χ1v) is 11.3. The fourth-order valence-corrected chi connectivity index (χ4v) is 3.76. The summed E-state index contributed by atoms with van der Waals surface area (Å²) in [5, 5.41) is 6.67. The van der Waals surface area contributed by atoms with E-state index in [0.29, 0.717) is 18.9 Å². The van der Waals surface area contributed by atoms with Crippen LogP contribution in [0, 0.1) is 5.92 Å². The van der Waals surface area contributed by atoms with Crippen LogP contribution in [0.5, 0.6) is 0 Å². The summed E-state index contributed by atoms with van der Waals surface area (Å²) in [4.78, 5) is 18.4. The highest BCUT2D eigenvalue weighted by Gasteiger charge is 2.21. The number of amides is 1. The molecule has 0 radical (unpaired) electrons. The third-order valence-corrected chi connectivity index (χ3v) is 5.54. The molecular formula is C23H36N4O3. The van der Waals surface area contributed by atoms with Crippen molar-refractivity contribution in [3.8, 4) is 0 Å². The first-order valence-electron chi connectivity index (χ1n) is 11.3. The van der Waals surface area contributed by atoms with Crippen molar-refractivity contribution in [3.63, 3.8) is 0 Å². The van der Waals surface area contributed by atoms with Gasteiger partial charge in [0.25, 0.3) is 0 Å². The summed E-state index contributed by atoms with van der Waals surface area (Å²) in [6.45, 7) is 8.49. The molecule has 1 aromatic carbocycles. The maximum absolute atomic E-state index is 11.9. The molecule has 1 amide bonds. The zero-order valence-electron chi connectivity index (χ0n) is 18.2. The van der Waals surface area contributed by atoms with Gasteiger partial charge in [0.05, 0.1) is 6.54 Å². The van der Waals surface area contributed by atoms with Crippen LogP contribution in [0.3, 0.4) is 0 Å². The zero-order chi connectivity index (χ0) is 21.0. The fourth-order valence-electron chi connectivity index (χ4n) is 3.76. The molecular weight excluding hydrogens is 380 g/mol. The first kappa shape index (κ1) is 22.6. The highest BCUT2D eigenvalue weighted by molar-refractivity contribution is 5.95. The predicted octanol–water partition coefficient (Wildman–Crippen LogP) is 2.70. The van der Waals surface area contributed by atoms with E-state index in [9.17, 15) is 4.79 Å². The lowest BCUT2D eigenvalue weighted by Crippen LogP contribution is -2.38. The fraction of sp³-hybridized carbons (Fsp3) is 0.652. The van der Waals surface area contributed by atoms with Gasteiger partial charge in [-0.2, -0.15) is 0 Å². The Morgan fingerprint density at radius 2 is 2.03 bits per heavy atom. The number of benzene rings is 1. The van der Waals surface area contributed by atoms with Crippen LogP contribution < -0.4 is 15.5 Å². The maximum Gasteiger partial charge on any atom is 0.227 e. The monoisotopic (exact) mass is 416 g/mol. The molecule has 0 unspecified atom stereocenters. The maximum atomic E-state index is 11.9. The zero-order valence-corrected chi connectivity index (χ0v) is 18.2. The summed E-state index contributed by atoms with van der Waals surface area (Å²) in [6, 6.07) is 8.14. The van der Waals surface area contributed by atoms with Crippen molar-refractivity contribution in [2.24, 2.45) is 10.9 Å². The predicted molar refractivity (Wildman–Crippen MR) is 120 cm³/mol. The molecule has 7 heteroatoms. The van der Waals surface area contributed by atoms with E-state index in [1.54, 1.807) is 0 Å². The van der Waals surface area contributed by atoms with Crippen molar-refractivity contribution in [1.82, 2.24) is 10.6 Å². The van der Waals surface area contributed by atoms with Gasteiger partial charge < -0.3 is 25.0 Å². The van der Waals surface area contributed by atoms with E-state index < -0.39 is 0 Å². The molecule has 0 aliphatic carbocycles. The summed E-state index contributed by atoms with van der Waals surface area (Å²) >= 11 is 0.